The lowest BCUT2D eigenvalue weighted by atomic mass is 10.1. The molecule has 0 aliphatic carbocycles. The van der Waals surface area contributed by atoms with Crippen LogP contribution in [0.5, 0.6) is 0 Å². The van der Waals surface area contributed by atoms with Gasteiger partial charge in [-0.05, 0) is 24.1 Å². The van der Waals surface area contributed by atoms with Crippen molar-refractivity contribution in [2.24, 2.45) is 0 Å². The Bertz CT molecular complexity index is 680. The number of halogens is 1. The van der Waals surface area contributed by atoms with Crippen molar-refractivity contribution in [1.29, 1.82) is 0 Å². The van der Waals surface area contributed by atoms with Crippen LogP contribution >= 0.6 is 11.6 Å². The van der Waals surface area contributed by atoms with Gasteiger partial charge in [0.1, 0.15) is 5.82 Å². The summed E-state index contributed by atoms with van der Waals surface area (Å²) in [6, 6.07) is 7.76. The number of esters is 1. The first kappa shape index (κ1) is 18.3. The minimum absolute atomic E-state index is 0.249. The fraction of sp³-hybridized carbons (Fsp3) is 0.444. The van der Waals surface area contributed by atoms with Gasteiger partial charge in [0.05, 0.1) is 19.2 Å². The van der Waals surface area contributed by atoms with Crippen LogP contribution in [0.1, 0.15) is 43.3 Å². The highest BCUT2D eigenvalue weighted by Gasteiger charge is 2.17. The van der Waals surface area contributed by atoms with Crippen LogP contribution in [0.2, 0.25) is 5.15 Å². The Morgan fingerprint density at radius 1 is 1.29 bits per heavy atom. The molecule has 1 aromatic carbocycles. The maximum atomic E-state index is 11.5. The number of aryl methyl sites for hydroxylation is 1. The zero-order chi connectivity index (χ0) is 17.5. The number of hydrogen-bond donors (Lipinski definition) is 1. The summed E-state index contributed by atoms with van der Waals surface area (Å²) in [6.07, 6.45) is 3.80. The van der Waals surface area contributed by atoms with Crippen molar-refractivity contribution in [3.05, 3.63) is 46.5 Å². The molecule has 2 aromatic rings. The fourth-order valence-electron chi connectivity index (χ4n) is 2.58. The third kappa shape index (κ3) is 4.74. The highest BCUT2D eigenvalue weighted by Crippen LogP contribution is 2.22. The largest absolute Gasteiger partial charge is 0.469 e. The molecule has 24 heavy (non-hydrogen) atoms. The minimum atomic E-state index is -0.249. The lowest BCUT2D eigenvalue weighted by molar-refractivity contribution is -0.140. The van der Waals surface area contributed by atoms with Gasteiger partial charge in [-0.25, -0.2) is 4.98 Å². The second-order valence-electron chi connectivity index (χ2n) is 5.77. The van der Waals surface area contributed by atoms with Crippen LogP contribution in [-0.4, -0.2) is 22.6 Å². The van der Waals surface area contributed by atoms with E-state index in [1.807, 2.05) is 24.3 Å². The van der Waals surface area contributed by atoms with Gasteiger partial charge in [0.25, 0.3) is 0 Å². The summed E-state index contributed by atoms with van der Waals surface area (Å²) in [4.78, 5) is 16.0. The molecule has 0 unspecified atom stereocenters. The molecule has 2 rings (SSSR count). The molecule has 0 radical (unpaired) electrons. The molecule has 0 spiro atoms. The highest BCUT2D eigenvalue weighted by atomic mass is 35.5. The van der Waals surface area contributed by atoms with Crippen LogP contribution in [0, 0.1) is 0 Å². The zero-order valence-electron chi connectivity index (χ0n) is 14.2. The summed E-state index contributed by atoms with van der Waals surface area (Å²) in [6.45, 7) is 2.81. The first-order valence-corrected chi connectivity index (χ1v) is 8.58. The average Bonchev–Trinajstić information content (AvgIpc) is 2.87. The predicted octanol–water partition coefficient (Wildman–Crippen LogP) is 3.62. The molecule has 0 aliphatic heterocycles. The Morgan fingerprint density at radius 2 is 2.00 bits per heavy atom. The summed E-state index contributed by atoms with van der Waals surface area (Å²) < 4.78 is 6.85. The SMILES string of the molecule is CCCCc1nc(Cl)c(CCC(=O)OC)n1Cc1ccc(N)cc1. The quantitative estimate of drug-likeness (QED) is 0.583. The number of benzene rings is 1. The monoisotopic (exact) mass is 349 g/mol. The van der Waals surface area contributed by atoms with Crippen molar-refractivity contribution >= 4 is 23.3 Å². The van der Waals surface area contributed by atoms with E-state index in [9.17, 15) is 4.79 Å². The second-order valence-corrected chi connectivity index (χ2v) is 6.13. The van der Waals surface area contributed by atoms with Crippen LogP contribution in [0.3, 0.4) is 0 Å². The van der Waals surface area contributed by atoms with E-state index in [0.29, 0.717) is 18.1 Å². The van der Waals surface area contributed by atoms with Crippen LogP contribution in [0.15, 0.2) is 24.3 Å². The number of hydrogen-bond acceptors (Lipinski definition) is 4. The number of anilines is 1. The van der Waals surface area contributed by atoms with Crippen molar-refractivity contribution in [3.8, 4) is 0 Å². The molecule has 0 aliphatic rings. The Balaban J connectivity index is 2.28. The molecule has 1 aromatic heterocycles. The number of nitrogen functional groups attached to an aromatic ring is 1. The van der Waals surface area contributed by atoms with E-state index in [1.54, 1.807) is 0 Å². The fourth-order valence-corrected chi connectivity index (χ4v) is 2.88. The van der Waals surface area contributed by atoms with Crippen LogP contribution < -0.4 is 5.73 Å². The van der Waals surface area contributed by atoms with Crippen molar-refractivity contribution in [2.45, 2.75) is 45.6 Å². The van der Waals surface area contributed by atoms with E-state index in [4.69, 9.17) is 22.1 Å². The van der Waals surface area contributed by atoms with Crippen LogP contribution in [0.4, 0.5) is 5.69 Å². The maximum absolute atomic E-state index is 11.5. The predicted molar refractivity (Wildman–Crippen MR) is 96.1 cm³/mol. The molecule has 0 fully saturated rings. The van der Waals surface area contributed by atoms with E-state index in [-0.39, 0.29) is 12.4 Å². The van der Waals surface area contributed by atoms with Crippen molar-refractivity contribution in [1.82, 2.24) is 9.55 Å². The van der Waals surface area contributed by atoms with Gasteiger partial charge in [0.15, 0.2) is 5.15 Å². The highest BCUT2D eigenvalue weighted by molar-refractivity contribution is 6.30. The number of nitrogens with two attached hydrogens (primary N) is 1. The Hall–Kier alpha value is -2.01. The minimum Gasteiger partial charge on any atom is -0.469 e. The third-order valence-electron chi connectivity index (χ3n) is 3.97. The molecular formula is C18H24ClN3O2. The van der Waals surface area contributed by atoms with Crippen molar-refractivity contribution in [3.63, 3.8) is 0 Å². The van der Waals surface area contributed by atoms with Gasteiger partial charge in [0.2, 0.25) is 0 Å². The molecule has 2 N–H and O–H groups in total. The van der Waals surface area contributed by atoms with Crippen molar-refractivity contribution < 1.29 is 9.53 Å². The number of aromatic nitrogens is 2. The lowest BCUT2D eigenvalue weighted by Gasteiger charge is -2.12. The summed E-state index contributed by atoms with van der Waals surface area (Å²) in [5.74, 6) is 0.708. The first-order valence-electron chi connectivity index (χ1n) is 8.20. The van der Waals surface area contributed by atoms with E-state index in [0.717, 1.165) is 42.0 Å². The maximum Gasteiger partial charge on any atom is 0.305 e. The van der Waals surface area contributed by atoms with Crippen LogP contribution in [-0.2, 0) is 28.9 Å². The topological polar surface area (TPSA) is 70.1 Å². The molecule has 0 bridgehead atoms. The van der Waals surface area contributed by atoms with Crippen molar-refractivity contribution in [2.75, 3.05) is 12.8 Å². The van der Waals surface area contributed by atoms with Crippen LogP contribution in [0.25, 0.3) is 0 Å². The van der Waals surface area contributed by atoms with E-state index < -0.39 is 0 Å². The number of nitrogens with zero attached hydrogens (tertiary/aromatic N) is 2. The zero-order valence-corrected chi connectivity index (χ0v) is 15.0. The number of ether oxygens (including phenoxy) is 1. The molecule has 1 heterocycles. The number of imidazole rings is 1. The standard InChI is InChI=1S/C18H24ClN3O2/c1-3-4-5-16-21-18(19)15(10-11-17(23)24-2)22(16)12-13-6-8-14(20)9-7-13/h6-9H,3-5,10-12,20H2,1-2H3. The summed E-state index contributed by atoms with van der Waals surface area (Å²) in [5.41, 5.74) is 8.49. The van der Waals surface area contributed by atoms with Gasteiger partial charge in [-0.3, -0.25) is 4.79 Å². The van der Waals surface area contributed by atoms with Gasteiger partial charge in [0, 0.05) is 25.1 Å². The Kier molecular flexibility index (Phi) is 6.67. The molecule has 6 heteroatoms. The number of unbranched alkanes of at least 4 members (excludes halogenated alkanes) is 1. The molecule has 130 valence electrons. The molecule has 0 saturated heterocycles. The van der Waals surface area contributed by atoms with Gasteiger partial charge < -0.3 is 15.0 Å². The van der Waals surface area contributed by atoms with Gasteiger partial charge >= 0.3 is 5.97 Å². The van der Waals surface area contributed by atoms with Gasteiger partial charge in [-0.2, -0.15) is 0 Å². The summed E-state index contributed by atoms with van der Waals surface area (Å²) in [7, 11) is 1.39. The van der Waals surface area contributed by atoms with Gasteiger partial charge in [-0.1, -0.05) is 37.1 Å². The Labute approximate surface area is 147 Å². The molecular weight excluding hydrogens is 326 g/mol. The molecule has 0 saturated carbocycles. The molecule has 0 atom stereocenters. The first-order chi connectivity index (χ1) is 11.5. The van der Waals surface area contributed by atoms with Gasteiger partial charge in [-0.15, -0.1) is 0 Å². The normalized spacial score (nSPS) is 10.8. The summed E-state index contributed by atoms with van der Waals surface area (Å²) >= 11 is 6.34. The lowest BCUT2D eigenvalue weighted by Crippen LogP contribution is -2.11. The van der Waals surface area contributed by atoms with E-state index in [1.165, 1.54) is 7.11 Å². The second kappa shape index (κ2) is 8.73. The smallest absolute Gasteiger partial charge is 0.305 e. The average molecular weight is 350 g/mol. The van der Waals surface area contributed by atoms with E-state index in [2.05, 4.69) is 16.5 Å². The molecule has 5 nitrogen and oxygen atoms in total. The number of methoxy groups -OCH3 is 1. The summed E-state index contributed by atoms with van der Waals surface area (Å²) in [5, 5.41) is 0.473. The molecule has 0 amide bonds. The van der Waals surface area contributed by atoms with E-state index >= 15 is 0 Å². The number of carbonyl (C=O) groups excluding carboxylic acids is 1. The third-order valence-corrected chi connectivity index (χ3v) is 4.27. The number of carbonyl (C=O) groups is 1. The number of rotatable bonds is 8. The Morgan fingerprint density at radius 3 is 2.62 bits per heavy atom.